The van der Waals surface area contributed by atoms with Gasteiger partial charge in [0.1, 0.15) is 0 Å². The van der Waals surface area contributed by atoms with E-state index in [9.17, 15) is 4.79 Å². The first kappa shape index (κ1) is 25.1. The fourth-order valence-electron chi connectivity index (χ4n) is 4.95. The van der Waals surface area contributed by atoms with Gasteiger partial charge < -0.3 is 15.4 Å². The van der Waals surface area contributed by atoms with Gasteiger partial charge in [0.2, 0.25) is 5.95 Å². The van der Waals surface area contributed by atoms with Crippen LogP contribution in [0.1, 0.15) is 54.0 Å². The standard InChI is InChI=1S/C27H32N10O2/c1-17(2)37-14-25(33-34-37)26(38)31-24-7-9-36(21-15-39-16-21)12-19-10-18(4-5-22(19)24)23-6-8-28-27(32-23)30-20-11-29-35(3)13-20/h4-6,8,10-11,13-14,17,21,24H,7,9,12,15-16H2,1-3H3,(H,31,38)(H,28,30,32). The highest BCUT2D eigenvalue weighted by Crippen LogP contribution is 2.32. The maximum atomic E-state index is 13.1. The van der Waals surface area contributed by atoms with E-state index in [0.717, 1.165) is 60.8 Å². The van der Waals surface area contributed by atoms with Crippen LogP contribution in [0.15, 0.2) is 49.1 Å². The van der Waals surface area contributed by atoms with Crippen molar-refractivity contribution in [3.05, 3.63) is 65.9 Å². The summed E-state index contributed by atoms with van der Waals surface area (Å²) in [6.07, 6.45) is 7.84. The van der Waals surface area contributed by atoms with Crippen molar-refractivity contribution < 1.29 is 9.53 Å². The topological polar surface area (TPSA) is 128 Å². The zero-order chi connectivity index (χ0) is 26.9. The van der Waals surface area contributed by atoms with Crippen molar-refractivity contribution in [2.45, 2.75) is 44.9 Å². The molecular weight excluding hydrogens is 496 g/mol. The van der Waals surface area contributed by atoms with Crippen molar-refractivity contribution in [3.8, 4) is 11.3 Å². The predicted octanol–water partition coefficient (Wildman–Crippen LogP) is 2.87. The highest BCUT2D eigenvalue weighted by molar-refractivity contribution is 5.92. The summed E-state index contributed by atoms with van der Waals surface area (Å²) in [5.41, 5.74) is 5.21. The lowest BCUT2D eigenvalue weighted by Gasteiger charge is -2.36. The van der Waals surface area contributed by atoms with Gasteiger partial charge in [-0.1, -0.05) is 17.3 Å². The van der Waals surface area contributed by atoms with Crippen LogP contribution in [-0.4, -0.2) is 71.3 Å². The normalized spacial score (nSPS) is 17.9. The van der Waals surface area contributed by atoms with E-state index in [2.05, 4.69) is 54.1 Å². The molecule has 3 aromatic heterocycles. The monoisotopic (exact) mass is 528 g/mol. The molecule has 1 atom stereocenters. The molecule has 0 spiro atoms. The molecule has 2 N–H and O–H groups in total. The number of carbonyl (C=O) groups excluding carboxylic acids is 1. The van der Waals surface area contributed by atoms with Gasteiger partial charge in [0.05, 0.1) is 49.1 Å². The molecule has 12 heteroatoms. The Hall–Kier alpha value is -4.16. The van der Waals surface area contributed by atoms with Crippen LogP contribution in [0.3, 0.4) is 0 Å². The molecule has 5 heterocycles. The van der Waals surface area contributed by atoms with Crippen molar-refractivity contribution in [3.63, 3.8) is 0 Å². The lowest BCUT2D eigenvalue weighted by molar-refractivity contribution is -0.0678. The Morgan fingerprint density at radius 1 is 1.18 bits per heavy atom. The Morgan fingerprint density at radius 2 is 2.05 bits per heavy atom. The van der Waals surface area contributed by atoms with E-state index in [-0.39, 0.29) is 18.0 Å². The molecular formula is C27H32N10O2. The number of amides is 1. The second kappa shape index (κ2) is 10.5. The lowest BCUT2D eigenvalue weighted by Crippen LogP contribution is -2.48. The van der Waals surface area contributed by atoms with Crippen molar-refractivity contribution in [2.24, 2.45) is 7.05 Å². The Morgan fingerprint density at radius 3 is 2.77 bits per heavy atom. The number of aryl methyl sites for hydroxylation is 1. The number of nitrogens with one attached hydrogen (secondary N) is 2. The predicted molar refractivity (Wildman–Crippen MR) is 144 cm³/mol. The van der Waals surface area contributed by atoms with Gasteiger partial charge in [-0.05, 0) is 43.5 Å². The van der Waals surface area contributed by atoms with Gasteiger partial charge in [0.25, 0.3) is 5.91 Å². The minimum atomic E-state index is -0.218. The Bertz CT molecular complexity index is 1470. The van der Waals surface area contributed by atoms with E-state index in [0.29, 0.717) is 17.7 Å². The zero-order valence-corrected chi connectivity index (χ0v) is 22.3. The van der Waals surface area contributed by atoms with Crippen molar-refractivity contribution >= 4 is 17.5 Å². The largest absolute Gasteiger partial charge is 0.378 e. The second-order valence-electron chi connectivity index (χ2n) is 10.4. The van der Waals surface area contributed by atoms with Crippen LogP contribution in [0.25, 0.3) is 11.3 Å². The van der Waals surface area contributed by atoms with E-state index in [4.69, 9.17) is 9.72 Å². The quantitative estimate of drug-likeness (QED) is 0.372. The number of hydrogen-bond donors (Lipinski definition) is 2. The van der Waals surface area contributed by atoms with Gasteiger partial charge in [-0.15, -0.1) is 5.10 Å². The van der Waals surface area contributed by atoms with E-state index >= 15 is 0 Å². The molecule has 39 heavy (non-hydrogen) atoms. The average Bonchev–Trinajstić information content (AvgIpc) is 3.51. The fraction of sp³-hybridized carbons (Fsp3) is 0.407. The van der Waals surface area contributed by atoms with Gasteiger partial charge >= 0.3 is 0 Å². The summed E-state index contributed by atoms with van der Waals surface area (Å²) in [5, 5.41) is 18.8. The first-order valence-electron chi connectivity index (χ1n) is 13.2. The molecule has 1 amide bonds. The number of anilines is 2. The van der Waals surface area contributed by atoms with Crippen molar-refractivity contribution in [1.82, 2.24) is 45.0 Å². The van der Waals surface area contributed by atoms with Crippen molar-refractivity contribution in [1.29, 1.82) is 0 Å². The molecule has 0 aliphatic carbocycles. The molecule has 1 aromatic carbocycles. The van der Waals surface area contributed by atoms with E-state index in [1.807, 2.05) is 33.2 Å². The molecule has 12 nitrogen and oxygen atoms in total. The summed E-state index contributed by atoms with van der Waals surface area (Å²) in [7, 11) is 1.86. The maximum Gasteiger partial charge on any atom is 0.273 e. The van der Waals surface area contributed by atoms with Gasteiger partial charge in [0, 0.05) is 44.1 Å². The summed E-state index contributed by atoms with van der Waals surface area (Å²) in [5.74, 6) is 0.285. The second-order valence-corrected chi connectivity index (χ2v) is 10.4. The van der Waals surface area contributed by atoms with E-state index in [1.54, 1.807) is 28.0 Å². The van der Waals surface area contributed by atoms with Gasteiger partial charge in [-0.3, -0.25) is 14.4 Å². The summed E-state index contributed by atoms with van der Waals surface area (Å²) >= 11 is 0. The van der Waals surface area contributed by atoms with Gasteiger partial charge in [-0.2, -0.15) is 5.10 Å². The number of carbonyl (C=O) groups is 1. The maximum absolute atomic E-state index is 13.1. The lowest BCUT2D eigenvalue weighted by atomic mass is 9.96. The summed E-state index contributed by atoms with van der Waals surface area (Å²) in [6.45, 7) is 7.11. The van der Waals surface area contributed by atoms with Gasteiger partial charge in [-0.25, -0.2) is 14.6 Å². The molecule has 202 valence electrons. The van der Waals surface area contributed by atoms with Gasteiger partial charge in [0.15, 0.2) is 5.69 Å². The summed E-state index contributed by atoms with van der Waals surface area (Å²) in [4.78, 5) is 24.7. The van der Waals surface area contributed by atoms with Crippen LogP contribution in [0.2, 0.25) is 0 Å². The SMILES string of the molecule is CC(C)n1cc(C(=O)NC2CCN(C3COC3)Cc3cc(-c4ccnc(Nc5cnn(C)c5)n4)ccc32)nn1. The van der Waals surface area contributed by atoms with Crippen LogP contribution in [0.5, 0.6) is 0 Å². The van der Waals surface area contributed by atoms with Crippen LogP contribution in [0.4, 0.5) is 11.6 Å². The highest BCUT2D eigenvalue weighted by Gasteiger charge is 2.31. The smallest absolute Gasteiger partial charge is 0.273 e. The number of aromatic nitrogens is 7. The third-order valence-corrected chi connectivity index (χ3v) is 7.22. The van der Waals surface area contributed by atoms with Crippen LogP contribution in [-0.2, 0) is 18.3 Å². The number of benzene rings is 1. The first-order valence-corrected chi connectivity index (χ1v) is 13.2. The average molecular weight is 529 g/mol. The molecule has 1 unspecified atom stereocenters. The number of hydrogen-bond acceptors (Lipinski definition) is 9. The van der Waals surface area contributed by atoms with E-state index < -0.39 is 0 Å². The Kier molecular flexibility index (Phi) is 6.79. The molecule has 0 bridgehead atoms. The number of rotatable bonds is 7. The van der Waals surface area contributed by atoms with Crippen molar-refractivity contribution in [2.75, 3.05) is 25.1 Å². The highest BCUT2D eigenvalue weighted by atomic mass is 16.5. The fourth-order valence-corrected chi connectivity index (χ4v) is 4.95. The Balaban J connectivity index is 1.28. The first-order chi connectivity index (χ1) is 18.9. The Labute approximate surface area is 226 Å². The molecule has 0 radical (unpaired) electrons. The van der Waals surface area contributed by atoms with Crippen LogP contribution >= 0.6 is 0 Å². The summed E-state index contributed by atoms with van der Waals surface area (Å²) < 4.78 is 8.90. The summed E-state index contributed by atoms with van der Waals surface area (Å²) in [6, 6.07) is 8.62. The molecule has 1 fully saturated rings. The molecule has 1 saturated heterocycles. The number of nitrogens with zero attached hydrogens (tertiary/aromatic N) is 8. The molecule has 2 aliphatic rings. The minimum absolute atomic E-state index is 0.135. The number of fused-ring (bicyclic) bond motifs is 1. The van der Waals surface area contributed by atoms with E-state index in [1.165, 1.54) is 0 Å². The molecule has 6 rings (SSSR count). The zero-order valence-electron chi connectivity index (χ0n) is 22.3. The van der Waals surface area contributed by atoms with Crippen LogP contribution < -0.4 is 10.6 Å². The molecule has 4 aromatic rings. The molecule has 0 saturated carbocycles. The molecule has 2 aliphatic heterocycles. The third kappa shape index (κ3) is 5.38. The third-order valence-electron chi connectivity index (χ3n) is 7.22. The number of ether oxygens (including phenoxy) is 1. The van der Waals surface area contributed by atoms with Crippen LogP contribution in [0, 0.1) is 0 Å². The minimum Gasteiger partial charge on any atom is -0.378 e.